The van der Waals surface area contributed by atoms with E-state index in [-0.39, 0.29) is 12.3 Å². The fourth-order valence-corrected chi connectivity index (χ4v) is 0.901. The van der Waals surface area contributed by atoms with E-state index in [1.165, 1.54) is 0 Å². The lowest BCUT2D eigenvalue weighted by Crippen LogP contribution is -2.41. The van der Waals surface area contributed by atoms with Crippen molar-refractivity contribution in [3.63, 3.8) is 0 Å². The molecule has 86 valence electrons. The van der Waals surface area contributed by atoms with Crippen LogP contribution in [0.15, 0.2) is 0 Å². The number of nitrogens with one attached hydrogen (secondary N) is 1. The molecule has 0 spiro atoms. The topological polar surface area (TPSA) is 55.1 Å². The van der Waals surface area contributed by atoms with Gasteiger partial charge in [-0.05, 0) is 12.8 Å². The zero-order valence-corrected chi connectivity index (χ0v) is 8.56. The molecule has 0 heterocycles. The molecule has 0 unspecified atom stereocenters. The van der Waals surface area contributed by atoms with Crippen molar-refractivity contribution < 1.29 is 13.6 Å². The van der Waals surface area contributed by atoms with Gasteiger partial charge in [-0.3, -0.25) is 4.79 Å². The van der Waals surface area contributed by atoms with Crippen LogP contribution in [0.3, 0.4) is 0 Å². The Morgan fingerprint density at radius 2 is 2.13 bits per heavy atom. The quantitative estimate of drug-likeness (QED) is 0.492. The van der Waals surface area contributed by atoms with Crippen molar-refractivity contribution >= 4 is 5.91 Å². The van der Waals surface area contributed by atoms with Crippen LogP contribution in [0.1, 0.15) is 25.7 Å². The Hall–Kier alpha value is -1.15. The molecular formula is C10H16F2N2O. The average Bonchev–Trinajstić information content (AvgIpc) is 2.22. The van der Waals surface area contributed by atoms with E-state index in [2.05, 4.69) is 11.2 Å². The molecule has 0 atom stereocenters. The molecule has 0 rings (SSSR count). The maximum absolute atomic E-state index is 12.6. The van der Waals surface area contributed by atoms with Crippen molar-refractivity contribution in [1.29, 1.82) is 0 Å². The molecule has 0 fully saturated rings. The van der Waals surface area contributed by atoms with Crippen LogP contribution in [0.5, 0.6) is 0 Å². The van der Waals surface area contributed by atoms with Crippen LogP contribution in [0.2, 0.25) is 0 Å². The summed E-state index contributed by atoms with van der Waals surface area (Å²) in [4.78, 5) is 11.0. The summed E-state index contributed by atoms with van der Waals surface area (Å²) in [7, 11) is 0. The number of alkyl halides is 2. The molecule has 0 aromatic heterocycles. The van der Waals surface area contributed by atoms with E-state index < -0.39 is 19.0 Å². The number of carbonyl (C=O) groups excluding carboxylic acids is 1. The number of hydrogen-bond acceptors (Lipinski definition) is 2. The second-order valence-corrected chi connectivity index (χ2v) is 3.25. The van der Waals surface area contributed by atoms with Gasteiger partial charge in [-0.25, -0.2) is 8.78 Å². The first-order chi connectivity index (χ1) is 7.02. The van der Waals surface area contributed by atoms with Crippen LogP contribution in [0.25, 0.3) is 0 Å². The molecule has 15 heavy (non-hydrogen) atoms. The standard InChI is InChI=1S/C10H16F2N2O/c1-2-3-4-5-6-9(15)14-8-10(11,12)7-13/h1H,3-8,13H2,(H,14,15). The van der Waals surface area contributed by atoms with E-state index in [1.807, 2.05) is 0 Å². The van der Waals surface area contributed by atoms with Gasteiger partial charge in [-0.2, -0.15) is 0 Å². The third-order valence-electron chi connectivity index (χ3n) is 1.82. The van der Waals surface area contributed by atoms with Gasteiger partial charge in [-0.1, -0.05) is 0 Å². The number of amides is 1. The Bertz CT molecular complexity index is 236. The highest BCUT2D eigenvalue weighted by Gasteiger charge is 2.26. The molecule has 3 nitrogen and oxygen atoms in total. The van der Waals surface area contributed by atoms with E-state index >= 15 is 0 Å². The second-order valence-electron chi connectivity index (χ2n) is 3.25. The fourth-order valence-electron chi connectivity index (χ4n) is 0.901. The van der Waals surface area contributed by atoms with Gasteiger partial charge >= 0.3 is 0 Å². The molecule has 3 N–H and O–H groups in total. The number of rotatable bonds is 7. The van der Waals surface area contributed by atoms with Gasteiger partial charge < -0.3 is 11.1 Å². The summed E-state index contributed by atoms with van der Waals surface area (Å²) in [6.45, 7) is -1.46. The molecule has 1 amide bonds. The zero-order chi connectivity index (χ0) is 11.7. The molecule has 0 aliphatic heterocycles. The zero-order valence-electron chi connectivity index (χ0n) is 8.56. The number of hydrogen-bond donors (Lipinski definition) is 2. The first kappa shape index (κ1) is 13.8. The van der Waals surface area contributed by atoms with Crippen molar-refractivity contribution in [1.82, 2.24) is 5.32 Å². The number of nitrogens with two attached hydrogens (primary N) is 1. The highest BCUT2D eigenvalue weighted by Crippen LogP contribution is 2.08. The minimum Gasteiger partial charge on any atom is -0.350 e. The molecular weight excluding hydrogens is 202 g/mol. The number of unbranched alkanes of at least 4 members (excludes halogenated alkanes) is 2. The van der Waals surface area contributed by atoms with Crippen molar-refractivity contribution in [2.45, 2.75) is 31.6 Å². The van der Waals surface area contributed by atoms with E-state index in [0.29, 0.717) is 12.8 Å². The van der Waals surface area contributed by atoms with Gasteiger partial charge in [0, 0.05) is 12.8 Å². The first-order valence-corrected chi connectivity index (χ1v) is 4.80. The van der Waals surface area contributed by atoms with Crippen LogP contribution in [0.4, 0.5) is 8.78 Å². The second kappa shape index (κ2) is 7.18. The number of carbonyl (C=O) groups is 1. The van der Waals surface area contributed by atoms with Gasteiger partial charge in [0.2, 0.25) is 5.91 Å². The minimum absolute atomic E-state index is 0.225. The molecule has 0 radical (unpaired) electrons. The lowest BCUT2D eigenvalue weighted by atomic mass is 10.2. The molecule has 0 aliphatic rings. The van der Waals surface area contributed by atoms with Gasteiger partial charge in [-0.15, -0.1) is 12.3 Å². The fraction of sp³-hybridized carbons (Fsp3) is 0.700. The van der Waals surface area contributed by atoms with Crippen molar-refractivity contribution in [2.75, 3.05) is 13.1 Å². The lowest BCUT2D eigenvalue weighted by molar-refractivity contribution is -0.123. The van der Waals surface area contributed by atoms with Crippen LogP contribution in [0, 0.1) is 12.3 Å². The molecule has 5 heteroatoms. The van der Waals surface area contributed by atoms with E-state index in [4.69, 9.17) is 12.2 Å². The van der Waals surface area contributed by atoms with Crippen LogP contribution in [-0.4, -0.2) is 24.9 Å². The third-order valence-corrected chi connectivity index (χ3v) is 1.82. The van der Waals surface area contributed by atoms with Crippen LogP contribution in [-0.2, 0) is 4.79 Å². The molecule has 0 bridgehead atoms. The van der Waals surface area contributed by atoms with Gasteiger partial charge in [0.25, 0.3) is 5.92 Å². The molecule has 0 aromatic carbocycles. The highest BCUT2D eigenvalue weighted by atomic mass is 19.3. The minimum atomic E-state index is -3.02. The lowest BCUT2D eigenvalue weighted by Gasteiger charge is -2.14. The van der Waals surface area contributed by atoms with Crippen LogP contribution < -0.4 is 11.1 Å². The summed E-state index contributed by atoms with van der Waals surface area (Å²) < 4.78 is 25.2. The summed E-state index contributed by atoms with van der Waals surface area (Å²) in [5.74, 6) is -0.970. The molecule has 0 saturated heterocycles. The monoisotopic (exact) mass is 218 g/mol. The Labute approximate surface area is 88.4 Å². The summed E-state index contributed by atoms with van der Waals surface area (Å²) in [6.07, 6.45) is 7.19. The maximum Gasteiger partial charge on any atom is 0.277 e. The molecule has 0 aromatic rings. The summed E-state index contributed by atoms with van der Waals surface area (Å²) in [6, 6.07) is 0. The van der Waals surface area contributed by atoms with E-state index in [0.717, 1.165) is 6.42 Å². The predicted octanol–water partition coefficient (Wildman–Crippen LogP) is 0.890. The Morgan fingerprint density at radius 1 is 1.47 bits per heavy atom. The Balaban J connectivity index is 3.54. The SMILES string of the molecule is C#CCCCCC(=O)NCC(F)(F)CN. The Kier molecular flexibility index (Phi) is 6.63. The van der Waals surface area contributed by atoms with Crippen molar-refractivity contribution in [3.8, 4) is 12.3 Å². The average molecular weight is 218 g/mol. The summed E-state index contributed by atoms with van der Waals surface area (Å²) in [5.41, 5.74) is 4.81. The van der Waals surface area contributed by atoms with Crippen molar-refractivity contribution in [2.24, 2.45) is 5.73 Å². The third kappa shape index (κ3) is 7.89. The molecule has 0 saturated carbocycles. The smallest absolute Gasteiger partial charge is 0.277 e. The predicted molar refractivity (Wildman–Crippen MR) is 54.3 cm³/mol. The molecule has 0 aliphatic carbocycles. The van der Waals surface area contributed by atoms with Gasteiger partial charge in [0.15, 0.2) is 0 Å². The first-order valence-electron chi connectivity index (χ1n) is 4.80. The summed E-state index contributed by atoms with van der Waals surface area (Å²) in [5, 5.41) is 2.13. The van der Waals surface area contributed by atoms with Gasteiger partial charge in [0.05, 0.1) is 13.1 Å². The largest absolute Gasteiger partial charge is 0.350 e. The normalized spacial score (nSPS) is 10.8. The maximum atomic E-state index is 12.6. The van der Waals surface area contributed by atoms with E-state index in [1.54, 1.807) is 0 Å². The van der Waals surface area contributed by atoms with Gasteiger partial charge in [0.1, 0.15) is 0 Å². The summed E-state index contributed by atoms with van der Waals surface area (Å²) >= 11 is 0. The number of terminal acetylenes is 1. The highest BCUT2D eigenvalue weighted by molar-refractivity contribution is 5.75. The van der Waals surface area contributed by atoms with Crippen LogP contribution >= 0.6 is 0 Å². The van der Waals surface area contributed by atoms with E-state index in [9.17, 15) is 13.6 Å². The Morgan fingerprint density at radius 3 is 2.67 bits per heavy atom. The number of halogens is 2. The van der Waals surface area contributed by atoms with Crippen molar-refractivity contribution in [3.05, 3.63) is 0 Å².